The zero-order valence-corrected chi connectivity index (χ0v) is 30.0. The molecule has 51 heavy (non-hydrogen) atoms. The van der Waals surface area contributed by atoms with Crippen molar-refractivity contribution in [2.45, 2.75) is 24.2 Å². The van der Waals surface area contributed by atoms with Gasteiger partial charge in [-0.15, -0.1) is 0 Å². The van der Waals surface area contributed by atoms with Crippen molar-refractivity contribution in [2.24, 2.45) is 23.7 Å². The predicted molar refractivity (Wildman–Crippen MR) is 195 cm³/mol. The molecular weight excluding hydrogens is 788 g/mol. The molecule has 8 rings (SSSR count). The fraction of sp³-hybridized carbons (Fsp3) is 0.231. The van der Waals surface area contributed by atoms with E-state index >= 15 is 4.79 Å². The molecule has 0 bridgehead atoms. The number of carbonyl (C=O) groups excluding carboxylic acids is 4. The van der Waals surface area contributed by atoms with E-state index < -0.39 is 52.6 Å². The molecule has 3 fully saturated rings. The van der Waals surface area contributed by atoms with Crippen molar-refractivity contribution in [3.63, 3.8) is 0 Å². The molecule has 4 aromatic rings. The third kappa shape index (κ3) is 4.99. The van der Waals surface area contributed by atoms with E-state index in [1.165, 1.54) is 36.3 Å². The van der Waals surface area contributed by atoms with Gasteiger partial charge in [0.2, 0.25) is 11.8 Å². The summed E-state index contributed by atoms with van der Waals surface area (Å²) in [5.41, 5.74) is 3.57. The number of nitrogens with one attached hydrogen (secondary N) is 1. The summed E-state index contributed by atoms with van der Waals surface area (Å²) < 4.78 is 20.3. The Morgan fingerprint density at radius 1 is 0.902 bits per heavy atom. The molecule has 0 radical (unpaired) electrons. The molecule has 0 aromatic heterocycles. The number of anilines is 2. The number of halogens is 3. The van der Waals surface area contributed by atoms with Crippen LogP contribution >= 0.6 is 34.2 Å². The van der Waals surface area contributed by atoms with Crippen LogP contribution in [0.15, 0.2) is 103 Å². The zero-order valence-electron chi connectivity index (χ0n) is 27.1. The van der Waals surface area contributed by atoms with Crippen LogP contribution in [0.1, 0.15) is 29.9 Å². The number of para-hydroxylation sites is 1. The summed E-state index contributed by atoms with van der Waals surface area (Å²) in [6.45, 7) is 0. The number of hydrazine groups is 1. The average Bonchev–Trinajstić information content (AvgIpc) is 3.51. The fourth-order valence-corrected chi connectivity index (χ4v) is 9.27. The van der Waals surface area contributed by atoms with E-state index in [0.717, 1.165) is 8.58 Å². The molecular formula is C39H30ClFIN3O6. The lowest BCUT2D eigenvalue weighted by atomic mass is 9.49. The smallest absolute Gasteiger partial charge is 0.260 e. The molecule has 4 aliphatic rings. The molecule has 6 atom stereocenters. The van der Waals surface area contributed by atoms with Gasteiger partial charge in [-0.05, 0) is 114 Å². The topological polar surface area (TPSA) is 116 Å². The number of carbonyl (C=O) groups is 4. The molecule has 2 saturated heterocycles. The molecule has 2 aliphatic carbocycles. The molecule has 2 N–H and O–H groups in total. The second-order valence-corrected chi connectivity index (χ2v) is 14.9. The van der Waals surface area contributed by atoms with E-state index in [1.54, 1.807) is 54.6 Å². The van der Waals surface area contributed by atoms with Crippen LogP contribution in [-0.4, -0.2) is 40.9 Å². The van der Waals surface area contributed by atoms with Gasteiger partial charge in [0.1, 0.15) is 5.82 Å². The quantitative estimate of drug-likeness (QED) is 0.123. The van der Waals surface area contributed by atoms with Crippen molar-refractivity contribution in [1.82, 2.24) is 5.01 Å². The Morgan fingerprint density at radius 3 is 2.29 bits per heavy atom. The minimum absolute atomic E-state index is 0.0720. The van der Waals surface area contributed by atoms with Gasteiger partial charge in [0.25, 0.3) is 11.8 Å². The van der Waals surface area contributed by atoms with Gasteiger partial charge in [-0.1, -0.05) is 47.5 Å². The van der Waals surface area contributed by atoms with Gasteiger partial charge in [-0.2, -0.15) is 5.01 Å². The van der Waals surface area contributed by atoms with E-state index in [2.05, 4.69) is 28.0 Å². The van der Waals surface area contributed by atoms with E-state index in [4.69, 9.17) is 16.3 Å². The van der Waals surface area contributed by atoms with Gasteiger partial charge >= 0.3 is 0 Å². The van der Waals surface area contributed by atoms with Crippen LogP contribution in [0.3, 0.4) is 0 Å². The Labute approximate surface area is 311 Å². The van der Waals surface area contributed by atoms with E-state index in [-0.39, 0.29) is 36.2 Å². The first-order valence-corrected chi connectivity index (χ1v) is 17.9. The number of hydrogen-bond donors (Lipinski definition) is 2. The monoisotopic (exact) mass is 817 g/mol. The van der Waals surface area contributed by atoms with Crippen molar-refractivity contribution >= 4 is 69.2 Å². The third-order valence-electron chi connectivity index (χ3n) is 10.9. The molecule has 4 amide bonds. The lowest BCUT2D eigenvalue weighted by Crippen LogP contribution is -2.53. The molecule has 6 unspecified atom stereocenters. The number of methoxy groups -OCH3 is 1. The van der Waals surface area contributed by atoms with Crippen molar-refractivity contribution in [3.8, 4) is 11.5 Å². The minimum atomic E-state index is -1.63. The number of allylic oxidation sites excluding steroid dienone is 2. The number of benzene rings is 4. The minimum Gasteiger partial charge on any atom is -0.504 e. The number of hydrogen-bond acceptors (Lipinski definition) is 7. The molecule has 4 aromatic carbocycles. The lowest BCUT2D eigenvalue weighted by molar-refractivity contribution is -0.138. The van der Waals surface area contributed by atoms with Crippen LogP contribution < -0.4 is 15.1 Å². The maximum atomic E-state index is 15.2. The van der Waals surface area contributed by atoms with Crippen molar-refractivity contribution in [3.05, 3.63) is 128 Å². The largest absolute Gasteiger partial charge is 0.504 e. The number of phenols is 1. The zero-order chi connectivity index (χ0) is 35.8. The van der Waals surface area contributed by atoms with Gasteiger partial charge in [0.15, 0.2) is 11.5 Å². The molecule has 12 heteroatoms. The summed E-state index contributed by atoms with van der Waals surface area (Å²) >= 11 is 8.51. The highest BCUT2D eigenvalue weighted by atomic mass is 127. The number of nitrogens with zero attached hydrogens (tertiary/aromatic N) is 2. The molecule has 2 heterocycles. The SMILES string of the molecule is COc1cccc(C2C3=CCC4C(=O)N(c5ccc(I)cc5)C(=O)C4C3CC3C(=O)N(Nc4ccc(F)cc4)C(=O)C32c2ccc(Cl)cc2)c1O. The average molecular weight is 818 g/mol. The summed E-state index contributed by atoms with van der Waals surface area (Å²) in [4.78, 5) is 59.6. The van der Waals surface area contributed by atoms with Crippen LogP contribution in [0.4, 0.5) is 15.8 Å². The van der Waals surface area contributed by atoms with Crippen molar-refractivity contribution in [2.75, 3.05) is 17.4 Å². The summed E-state index contributed by atoms with van der Waals surface area (Å²) in [5, 5.41) is 13.2. The van der Waals surface area contributed by atoms with E-state index in [9.17, 15) is 23.9 Å². The van der Waals surface area contributed by atoms with E-state index in [1.807, 2.05) is 18.2 Å². The van der Waals surface area contributed by atoms with Gasteiger partial charge in [0, 0.05) is 20.1 Å². The molecule has 1 saturated carbocycles. The maximum Gasteiger partial charge on any atom is 0.260 e. The second kappa shape index (κ2) is 12.5. The summed E-state index contributed by atoms with van der Waals surface area (Å²) in [7, 11) is 1.42. The fourth-order valence-electron chi connectivity index (χ4n) is 8.78. The van der Waals surface area contributed by atoms with Crippen LogP contribution in [0.5, 0.6) is 11.5 Å². The lowest BCUT2D eigenvalue weighted by Gasteiger charge is -2.50. The van der Waals surface area contributed by atoms with Crippen molar-refractivity contribution < 1.29 is 33.4 Å². The first-order chi connectivity index (χ1) is 24.6. The Hall–Kier alpha value is -4.75. The molecule has 2 aliphatic heterocycles. The Kier molecular flexibility index (Phi) is 8.17. The number of imide groups is 2. The standard InChI is InChI=1S/C39H30ClFIN3O6/c1-51-31-4-2-3-28(34(31)46)33-26-17-18-27-32(37(49)44(35(27)47)25-15-11-23(42)12-16-25)29(26)19-30-36(48)45(43-24-13-9-22(41)10-14-24)38(50)39(30,33)20-5-7-21(40)8-6-20/h2-17,27,29-30,32-33,43,46H,18-19H2,1H3. The summed E-state index contributed by atoms with van der Waals surface area (Å²) in [6, 6.07) is 24.1. The maximum absolute atomic E-state index is 15.2. The number of fused-ring (bicyclic) bond motifs is 4. The highest BCUT2D eigenvalue weighted by Gasteiger charge is 2.70. The van der Waals surface area contributed by atoms with Crippen LogP contribution in [-0.2, 0) is 24.6 Å². The molecule has 0 spiro atoms. The van der Waals surface area contributed by atoms with Crippen LogP contribution in [0.2, 0.25) is 5.02 Å². The predicted octanol–water partition coefficient (Wildman–Crippen LogP) is 6.99. The first-order valence-electron chi connectivity index (χ1n) is 16.4. The van der Waals surface area contributed by atoms with Gasteiger partial charge < -0.3 is 9.84 Å². The summed E-state index contributed by atoms with van der Waals surface area (Å²) in [6.07, 6.45) is 2.21. The number of ether oxygens (including phenoxy) is 1. The number of rotatable bonds is 6. The molecule has 9 nitrogen and oxygen atoms in total. The Morgan fingerprint density at radius 2 is 1.61 bits per heavy atom. The van der Waals surface area contributed by atoms with Gasteiger partial charge in [0.05, 0.1) is 41.7 Å². The highest BCUT2D eigenvalue weighted by molar-refractivity contribution is 14.1. The second-order valence-electron chi connectivity index (χ2n) is 13.3. The van der Waals surface area contributed by atoms with Crippen LogP contribution in [0, 0.1) is 33.1 Å². The number of phenolic OH excluding ortho intramolecular Hbond substituents is 1. The van der Waals surface area contributed by atoms with E-state index in [0.29, 0.717) is 33.1 Å². The van der Waals surface area contributed by atoms with Gasteiger partial charge in [-0.3, -0.25) is 29.5 Å². The summed E-state index contributed by atoms with van der Waals surface area (Å²) in [5.74, 6) is -6.48. The molecule has 258 valence electrons. The van der Waals surface area contributed by atoms with Crippen molar-refractivity contribution in [1.29, 1.82) is 0 Å². The van der Waals surface area contributed by atoms with Gasteiger partial charge in [-0.25, -0.2) is 4.39 Å². The number of aromatic hydroxyl groups is 1. The number of amides is 4. The Bertz CT molecular complexity index is 2140. The first kappa shape index (κ1) is 33.4. The Balaban J connectivity index is 1.34. The highest BCUT2D eigenvalue weighted by Crippen LogP contribution is 2.65. The third-order valence-corrected chi connectivity index (χ3v) is 11.9. The van der Waals surface area contributed by atoms with Crippen LogP contribution in [0.25, 0.3) is 0 Å². The normalized spacial score (nSPS) is 26.8.